The van der Waals surface area contributed by atoms with Crippen molar-refractivity contribution in [3.05, 3.63) is 0 Å². The van der Waals surface area contributed by atoms with Gasteiger partial charge in [-0.25, -0.2) is 0 Å². The lowest BCUT2D eigenvalue weighted by molar-refractivity contribution is -0.127. The van der Waals surface area contributed by atoms with Crippen LogP contribution in [0.3, 0.4) is 0 Å². The summed E-state index contributed by atoms with van der Waals surface area (Å²) in [6, 6.07) is 0. The average molecular weight is 186 g/mol. The van der Waals surface area contributed by atoms with Crippen LogP contribution in [0.1, 0.15) is 61.3 Å². The molecule has 0 aliphatic heterocycles. The maximum Gasteiger partial charge on any atom is 0.0680 e. The largest absolute Gasteiger partial charge is 0.372 e. The lowest BCUT2D eigenvalue weighted by Crippen LogP contribution is -2.43. The van der Waals surface area contributed by atoms with Crippen molar-refractivity contribution in [2.45, 2.75) is 73.0 Å². The van der Waals surface area contributed by atoms with Crippen LogP contribution in [0.25, 0.3) is 0 Å². The zero-order valence-corrected chi connectivity index (χ0v) is 10.4. The van der Waals surface area contributed by atoms with Gasteiger partial charge in [0.15, 0.2) is 0 Å². The fraction of sp³-hybridized carbons (Fsp3) is 1.00. The zero-order chi connectivity index (χ0) is 10.7. The van der Waals surface area contributed by atoms with Crippen LogP contribution in [0.4, 0.5) is 0 Å². The number of hydrogen-bond donors (Lipinski definition) is 0. The predicted molar refractivity (Wildman–Crippen MR) is 59.0 cm³/mol. The third-order valence-corrected chi connectivity index (χ3v) is 3.04. The molecule has 0 atom stereocenters. The summed E-state index contributed by atoms with van der Waals surface area (Å²) in [5.41, 5.74) is 0.225. The van der Waals surface area contributed by atoms with Gasteiger partial charge in [-0.3, -0.25) is 0 Å². The summed E-state index contributed by atoms with van der Waals surface area (Å²) >= 11 is 0. The number of ether oxygens (including phenoxy) is 1. The Balaban J connectivity index is 4.40. The molecule has 0 aromatic rings. The molecule has 0 amide bonds. The highest BCUT2D eigenvalue weighted by Gasteiger charge is 2.37. The Morgan fingerprint density at radius 2 is 1.54 bits per heavy atom. The molecule has 0 bridgehead atoms. The number of rotatable bonds is 5. The molecule has 0 radical (unpaired) electrons. The molecule has 0 heterocycles. The molecule has 0 rings (SSSR count). The molecule has 0 N–H and O–H groups in total. The summed E-state index contributed by atoms with van der Waals surface area (Å²) in [5.74, 6) is 0. The molecule has 0 spiro atoms. The fourth-order valence-corrected chi connectivity index (χ4v) is 1.67. The van der Waals surface area contributed by atoms with E-state index in [1.54, 1.807) is 0 Å². The van der Waals surface area contributed by atoms with E-state index in [2.05, 4.69) is 48.5 Å². The summed E-state index contributed by atoms with van der Waals surface area (Å²) < 4.78 is 5.96. The Morgan fingerprint density at radius 3 is 1.85 bits per heavy atom. The summed E-state index contributed by atoms with van der Waals surface area (Å²) in [6.45, 7) is 15.4. The third-order valence-electron chi connectivity index (χ3n) is 3.04. The topological polar surface area (TPSA) is 9.23 Å². The maximum absolute atomic E-state index is 5.96. The predicted octanol–water partition coefficient (Wildman–Crippen LogP) is 4.02. The molecular formula is C12H26O. The van der Waals surface area contributed by atoms with Gasteiger partial charge in [-0.15, -0.1) is 0 Å². The quantitative estimate of drug-likeness (QED) is 0.630. The van der Waals surface area contributed by atoms with Crippen molar-refractivity contribution < 1.29 is 4.74 Å². The molecule has 13 heavy (non-hydrogen) atoms. The molecular weight excluding hydrogens is 160 g/mol. The van der Waals surface area contributed by atoms with Crippen LogP contribution in [0.5, 0.6) is 0 Å². The van der Waals surface area contributed by atoms with Gasteiger partial charge >= 0.3 is 0 Å². The van der Waals surface area contributed by atoms with E-state index < -0.39 is 0 Å². The van der Waals surface area contributed by atoms with E-state index in [0.717, 1.165) is 0 Å². The van der Waals surface area contributed by atoms with Crippen molar-refractivity contribution in [2.75, 3.05) is 0 Å². The van der Waals surface area contributed by atoms with Crippen LogP contribution >= 0.6 is 0 Å². The van der Waals surface area contributed by atoms with Crippen molar-refractivity contribution in [1.82, 2.24) is 0 Å². The van der Waals surface area contributed by atoms with E-state index in [1.807, 2.05) is 0 Å². The Labute approximate surface area is 83.9 Å². The van der Waals surface area contributed by atoms with Crippen molar-refractivity contribution in [2.24, 2.45) is 5.41 Å². The van der Waals surface area contributed by atoms with Gasteiger partial charge in [0.1, 0.15) is 0 Å². The Hall–Kier alpha value is -0.0400. The first kappa shape index (κ1) is 13.0. The summed E-state index contributed by atoms with van der Waals surface area (Å²) in [4.78, 5) is 0. The van der Waals surface area contributed by atoms with Gasteiger partial charge in [0.2, 0.25) is 0 Å². The van der Waals surface area contributed by atoms with Crippen molar-refractivity contribution in [1.29, 1.82) is 0 Å². The Bertz CT molecular complexity index is 145. The van der Waals surface area contributed by atoms with E-state index in [-0.39, 0.29) is 11.0 Å². The van der Waals surface area contributed by atoms with Crippen molar-refractivity contribution >= 4 is 0 Å². The second kappa shape index (κ2) is 4.45. The molecule has 0 aliphatic carbocycles. The summed E-state index contributed by atoms with van der Waals surface area (Å²) in [7, 11) is 0. The second-order valence-corrected chi connectivity index (χ2v) is 5.31. The molecule has 0 aromatic heterocycles. The second-order valence-electron chi connectivity index (χ2n) is 5.31. The number of hydrogen-bond acceptors (Lipinski definition) is 1. The lowest BCUT2D eigenvalue weighted by Gasteiger charge is -2.42. The summed E-state index contributed by atoms with van der Waals surface area (Å²) in [6.07, 6.45) is 2.75. The maximum atomic E-state index is 5.96. The molecule has 80 valence electrons. The third kappa shape index (κ3) is 3.68. The lowest BCUT2D eigenvalue weighted by atomic mass is 9.74. The van der Waals surface area contributed by atoms with E-state index in [4.69, 9.17) is 4.74 Å². The van der Waals surface area contributed by atoms with Crippen LogP contribution < -0.4 is 0 Å². The zero-order valence-electron chi connectivity index (χ0n) is 10.4. The molecule has 0 aliphatic rings. The van der Waals surface area contributed by atoms with Crippen molar-refractivity contribution in [3.63, 3.8) is 0 Å². The minimum Gasteiger partial charge on any atom is -0.372 e. The van der Waals surface area contributed by atoms with Gasteiger partial charge in [0.25, 0.3) is 0 Å². The minimum absolute atomic E-state index is 0.0306. The van der Waals surface area contributed by atoms with E-state index in [0.29, 0.717) is 6.10 Å². The average Bonchev–Trinajstić information content (AvgIpc) is 1.82. The van der Waals surface area contributed by atoms with Crippen LogP contribution in [0.2, 0.25) is 0 Å². The normalized spacial score (nSPS) is 13.8. The van der Waals surface area contributed by atoms with Crippen molar-refractivity contribution in [3.8, 4) is 0 Å². The first-order valence-electron chi connectivity index (χ1n) is 5.41. The fourth-order valence-electron chi connectivity index (χ4n) is 1.67. The smallest absolute Gasteiger partial charge is 0.0680 e. The first-order chi connectivity index (χ1) is 5.73. The van der Waals surface area contributed by atoms with Gasteiger partial charge in [0.05, 0.1) is 11.7 Å². The molecule has 0 aromatic carbocycles. The van der Waals surface area contributed by atoms with Crippen LogP contribution in [-0.2, 0) is 4.74 Å². The molecule has 1 nitrogen and oxygen atoms in total. The molecule has 1 heteroatoms. The van der Waals surface area contributed by atoms with Crippen LogP contribution in [-0.4, -0.2) is 11.7 Å². The SMILES string of the molecule is CCCC(C)(C)C(C)(C)OC(C)C. The molecule has 0 saturated heterocycles. The highest BCUT2D eigenvalue weighted by molar-refractivity contribution is 4.87. The van der Waals surface area contributed by atoms with E-state index in [9.17, 15) is 0 Å². The van der Waals surface area contributed by atoms with Crippen LogP contribution in [0.15, 0.2) is 0 Å². The van der Waals surface area contributed by atoms with Crippen LogP contribution in [0, 0.1) is 5.41 Å². The first-order valence-corrected chi connectivity index (χ1v) is 5.41. The molecule has 0 fully saturated rings. The Kier molecular flexibility index (Phi) is 4.44. The van der Waals surface area contributed by atoms with E-state index >= 15 is 0 Å². The van der Waals surface area contributed by atoms with Gasteiger partial charge in [-0.2, -0.15) is 0 Å². The van der Waals surface area contributed by atoms with E-state index in [1.165, 1.54) is 12.8 Å². The van der Waals surface area contributed by atoms with Gasteiger partial charge in [-0.1, -0.05) is 27.2 Å². The highest BCUT2D eigenvalue weighted by Crippen LogP contribution is 2.38. The highest BCUT2D eigenvalue weighted by atomic mass is 16.5. The minimum atomic E-state index is -0.0306. The summed E-state index contributed by atoms with van der Waals surface area (Å²) in [5, 5.41) is 0. The molecule has 0 saturated carbocycles. The van der Waals surface area contributed by atoms with Gasteiger partial charge < -0.3 is 4.74 Å². The van der Waals surface area contributed by atoms with Gasteiger partial charge in [-0.05, 0) is 39.5 Å². The monoisotopic (exact) mass is 186 g/mol. The van der Waals surface area contributed by atoms with Gasteiger partial charge in [0, 0.05) is 0 Å². The molecule has 0 unspecified atom stereocenters. The standard InChI is InChI=1S/C12H26O/c1-8-9-11(4,5)12(6,7)13-10(2)3/h10H,8-9H2,1-7H3. The Morgan fingerprint density at radius 1 is 1.08 bits per heavy atom.